The lowest BCUT2D eigenvalue weighted by molar-refractivity contribution is -0.384. The summed E-state index contributed by atoms with van der Waals surface area (Å²) in [5, 5.41) is 13.3. The first-order valence-electron chi connectivity index (χ1n) is 5.82. The van der Waals surface area contributed by atoms with Crippen LogP contribution in [0.2, 0.25) is 5.02 Å². The Bertz CT molecular complexity index is 625. The van der Waals surface area contributed by atoms with Crippen molar-refractivity contribution in [2.75, 3.05) is 5.32 Å². The van der Waals surface area contributed by atoms with Crippen molar-refractivity contribution in [1.29, 1.82) is 0 Å². The molecule has 6 nitrogen and oxygen atoms in total. The average Bonchev–Trinajstić information content (AvgIpc) is 2.91. The molecule has 1 heterocycles. The van der Waals surface area contributed by atoms with Gasteiger partial charge in [-0.25, -0.2) is 0 Å². The van der Waals surface area contributed by atoms with E-state index in [1.807, 2.05) is 0 Å². The van der Waals surface area contributed by atoms with Crippen LogP contribution < -0.4 is 5.32 Å². The highest BCUT2D eigenvalue weighted by atomic mass is 35.5. The summed E-state index contributed by atoms with van der Waals surface area (Å²) in [6, 6.07) is 7.43. The lowest BCUT2D eigenvalue weighted by atomic mass is 10.2. The van der Waals surface area contributed by atoms with Crippen molar-refractivity contribution in [2.24, 2.45) is 0 Å². The van der Waals surface area contributed by atoms with Crippen molar-refractivity contribution in [3.8, 4) is 0 Å². The minimum atomic E-state index is -0.547. The van der Waals surface area contributed by atoms with Gasteiger partial charge in [0, 0.05) is 25.0 Å². The third-order valence-electron chi connectivity index (χ3n) is 2.62. The zero-order chi connectivity index (χ0) is 14.5. The summed E-state index contributed by atoms with van der Waals surface area (Å²) in [6.45, 7) is 0. The quantitative estimate of drug-likeness (QED) is 0.676. The monoisotopic (exact) mass is 294 g/mol. The normalized spacial score (nSPS) is 10.2. The van der Waals surface area contributed by atoms with Gasteiger partial charge in [-0.05, 0) is 18.2 Å². The Hall–Kier alpha value is -2.34. The van der Waals surface area contributed by atoms with Crippen molar-refractivity contribution in [3.63, 3.8) is 0 Å². The molecular weight excluding hydrogens is 284 g/mol. The molecule has 104 valence electrons. The average molecular weight is 295 g/mol. The Morgan fingerprint density at radius 1 is 1.40 bits per heavy atom. The number of nitro groups is 1. The summed E-state index contributed by atoms with van der Waals surface area (Å²) >= 11 is 5.88. The first-order valence-corrected chi connectivity index (χ1v) is 6.20. The largest absolute Gasteiger partial charge is 0.469 e. The third-order valence-corrected chi connectivity index (χ3v) is 2.93. The van der Waals surface area contributed by atoms with Gasteiger partial charge in [0.25, 0.3) is 5.69 Å². The Morgan fingerprint density at radius 2 is 2.20 bits per heavy atom. The number of aryl methyl sites for hydroxylation is 1. The predicted octanol–water partition coefficient (Wildman–Crippen LogP) is 3.41. The van der Waals surface area contributed by atoms with Crippen molar-refractivity contribution in [2.45, 2.75) is 12.8 Å². The highest BCUT2D eigenvalue weighted by Gasteiger charge is 2.11. The van der Waals surface area contributed by atoms with E-state index in [1.54, 1.807) is 18.4 Å². The van der Waals surface area contributed by atoms with E-state index in [9.17, 15) is 14.9 Å². The molecule has 0 saturated carbocycles. The smallest absolute Gasteiger partial charge is 0.271 e. The number of amides is 1. The Kier molecular flexibility index (Phi) is 4.37. The van der Waals surface area contributed by atoms with Gasteiger partial charge in [-0.1, -0.05) is 11.6 Å². The van der Waals surface area contributed by atoms with E-state index in [0.717, 1.165) is 5.76 Å². The maximum atomic E-state index is 11.7. The molecule has 0 aliphatic carbocycles. The highest BCUT2D eigenvalue weighted by Crippen LogP contribution is 2.26. The van der Waals surface area contributed by atoms with Crippen molar-refractivity contribution in [1.82, 2.24) is 0 Å². The molecular formula is C13H11ClN2O4. The molecule has 0 spiro atoms. The maximum absolute atomic E-state index is 11.7. The fraction of sp³-hybridized carbons (Fsp3) is 0.154. The van der Waals surface area contributed by atoms with Gasteiger partial charge >= 0.3 is 0 Å². The first kappa shape index (κ1) is 14.1. The van der Waals surface area contributed by atoms with Crippen LogP contribution in [-0.4, -0.2) is 10.8 Å². The third kappa shape index (κ3) is 3.58. The molecule has 0 aliphatic rings. The van der Waals surface area contributed by atoms with Gasteiger partial charge < -0.3 is 9.73 Å². The van der Waals surface area contributed by atoms with Gasteiger partial charge in [0.05, 0.1) is 21.9 Å². The SMILES string of the molecule is O=C(CCc1ccco1)Nc1ccc([N+](=O)[O-])cc1Cl. The molecule has 20 heavy (non-hydrogen) atoms. The van der Waals surface area contributed by atoms with Crippen LogP contribution in [0.5, 0.6) is 0 Å². The van der Waals surface area contributed by atoms with Crippen molar-refractivity contribution in [3.05, 3.63) is 57.5 Å². The number of nitro benzene ring substituents is 1. The van der Waals surface area contributed by atoms with Crippen LogP contribution in [-0.2, 0) is 11.2 Å². The number of hydrogen-bond acceptors (Lipinski definition) is 4. The van der Waals surface area contributed by atoms with Gasteiger partial charge in [-0.2, -0.15) is 0 Å². The molecule has 1 aromatic carbocycles. The van der Waals surface area contributed by atoms with Gasteiger partial charge in [-0.3, -0.25) is 14.9 Å². The number of halogens is 1. The summed E-state index contributed by atoms with van der Waals surface area (Å²) in [7, 11) is 0. The number of carbonyl (C=O) groups is 1. The zero-order valence-electron chi connectivity index (χ0n) is 10.3. The van der Waals surface area contributed by atoms with E-state index < -0.39 is 4.92 Å². The van der Waals surface area contributed by atoms with E-state index in [-0.39, 0.29) is 23.0 Å². The summed E-state index contributed by atoms with van der Waals surface area (Å²) < 4.78 is 5.12. The van der Waals surface area contributed by atoms with Crippen LogP contribution in [0.25, 0.3) is 0 Å². The van der Waals surface area contributed by atoms with E-state index in [4.69, 9.17) is 16.0 Å². The maximum Gasteiger partial charge on any atom is 0.271 e. The second-order valence-electron chi connectivity index (χ2n) is 4.05. The number of benzene rings is 1. The molecule has 0 aliphatic heterocycles. The van der Waals surface area contributed by atoms with E-state index >= 15 is 0 Å². The number of hydrogen-bond donors (Lipinski definition) is 1. The van der Waals surface area contributed by atoms with Crippen LogP contribution in [0, 0.1) is 10.1 Å². The van der Waals surface area contributed by atoms with Crippen LogP contribution in [0.1, 0.15) is 12.2 Å². The van der Waals surface area contributed by atoms with Crippen molar-refractivity contribution >= 4 is 28.9 Å². The van der Waals surface area contributed by atoms with Crippen LogP contribution in [0.3, 0.4) is 0 Å². The fourth-order valence-corrected chi connectivity index (χ4v) is 1.85. The number of anilines is 1. The molecule has 0 atom stereocenters. The molecule has 2 rings (SSSR count). The van der Waals surface area contributed by atoms with Gasteiger partial charge in [0.15, 0.2) is 0 Å². The summed E-state index contributed by atoms with van der Waals surface area (Å²) in [6.07, 6.45) is 2.25. The minimum absolute atomic E-state index is 0.122. The predicted molar refractivity (Wildman–Crippen MR) is 73.8 cm³/mol. The molecule has 1 amide bonds. The topological polar surface area (TPSA) is 85.4 Å². The second-order valence-corrected chi connectivity index (χ2v) is 4.46. The molecule has 0 fully saturated rings. The zero-order valence-corrected chi connectivity index (χ0v) is 11.1. The van der Waals surface area contributed by atoms with Crippen LogP contribution in [0.15, 0.2) is 41.0 Å². The van der Waals surface area contributed by atoms with E-state index in [1.165, 1.54) is 18.2 Å². The molecule has 2 aromatic rings. The summed E-state index contributed by atoms with van der Waals surface area (Å²) in [4.78, 5) is 21.8. The lowest BCUT2D eigenvalue weighted by Gasteiger charge is -2.06. The molecule has 0 saturated heterocycles. The minimum Gasteiger partial charge on any atom is -0.469 e. The number of nitrogens with one attached hydrogen (secondary N) is 1. The fourth-order valence-electron chi connectivity index (χ4n) is 1.62. The standard InChI is InChI=1S/C13H11ClN2O4/c14-11-8-9(16(18)19)3-5-12(11)15-13(17)6-4-10-2-1-7-20-10/h1-3,5,7-8H,4,6H2,(H,15,17). The molecule has 0 unspecified atom stereocenters. The number of non-ortho nitro benzene ring substituents is 1. The summed E-state index contributed by atoms with van der Waals surface area (Å²) in [5.41, 5.74) is 0.227. The highest BCUT2D eigenvalue weighted by molar-refractivity contribution is 6.33. The molecule has 1 N–H and O–H groups in total. The van der Waals surface area contributed by atoms with Gasteiger partial charge in [0.1, 0.15) is 5.76 Å². The van der Waals surface area contributed by atoms with Crippen LogP contribution >= 0.6 is 11.6 Å². The summed E-state index contributed by atoms with van der Waals surface area (Å²) in [5.74, 6) is 0.479. The number of nitrogens with zero attached hydrogens (tertiary/aromatic N) is 1. The molecule has 7 heteroatoms. The van der Waals surface area contributed by atoms with E-state index in [0.29, 0.717) is 12.1 Å². The van der Waals surface area contributed by atoms with Crippen LogP contribution in [0.4, 0.5) is 11.4 Å². The molecule has 0 bridgehead atoms. The number of rotatable bonds is 5. The van der Waals surface area contributed by atoms with Gasteiger partial charge in [0.2, 0.25) is 5.91 Å². The van der Waals surface area contributed by atoms with Gasteiger partial charge in [-0.15, -0.1) is 0 Å². The first-order chi connectivity index (χ1) is 9.56. The Labute approximate surface area is 119 Å². The lowest BCUT2D eigenvalue weighted by Crippen LogP contribution is -2.12. The number of furan rings is 1. The Morgan fingerprint density at radius 3 is 2.80 bits per heavy atom. The molecule has 1 aromatic heterocycles. The molecule has 0 radical (unpaired) electrons. The Balaban J connectivity index is 1.95. The van der Waals surface area contributed by atoms with E-state index in [2.05, 4.69) is 5.32 Å². The number of carbonyl (C=O) groups excluding carboxylic acids is 1. The second kappa shape index (κ2) is 6.21. The van der Waals surface area contributed by atoms with Crippen molar-refractivity contribution < 1.29 is 14.1 Å².